The Morgan fingerprint density at radius 3 is 2.22 bits per heavy atom. The maximum atomic E-state index is 13.9. The average molecular weight is 839 g/mol. The molecular formula is C44H54N8O7S. The van der Waals surface area contributed by atoms with Crippen molar-refractivity contribution in [2.45, 2.75) is 65.2 Å². The van der Waals surface area contributed by atoms with E-state index in [4.69, 9.17) is 19.2 Å². The molecule has 0 bridgehead atoms. The predicted molar refractivity (Wildman–Crippen MR) is 233 cm³/mol. The summed E-state index contributed by atoms with van der Waals surface area (Å²) in [4.78, 5) is 71.4. The van der Waals surface area contributed by atoms with Gasteiger partial charge in [-0.05, 0) is 73.2 Å². The zero-order chi connectivity index (χ0) is 42.8. The molecule has 60 heavy (non-hydrogen) atoms. The molecule has 5 aromatic rings. The van der Waals surface area contributed by atoms with E-state index in [1.165, 1.54) is 14.2 Å². The molecule has 318 valence electrons. The molecular weight excluding hydrogens is 785 g/mol. The standard InChI is InChI=1S/C44H54N8O7S/c1-6-17-51(42(54)39(50-44(56)58-5)30-15-19-59-20-16-30)25-37-45-24-36(47-37)29-9-7-28(8-10-29)31-11-13-33-32(23-31)12-14-34-40(33)49-38(46-34)26-52(18-21-60)41(53)35(22-27(2)3)48-43(55)57-4/h7-14,22-24,30,35,39,60H,6,15-21,25-26H2,1-5H3,(H,45,47)(H,46,49)(H,48,55)(H,50,56). The van der Waals surface area contributed by atoms with Crippen LogP contribution in [0.25, 0.3) is 44.2 Å². The van der Waals surface area contributed by atoms with E-state index in [0.29, 0.717) is 56.5 Å². The number of imidazole rings is 2. The van der Waals surface area contributed by atoms with Gasteiger partial charge in [0.2, 0.25) is 11.8 Å². The summed E-state index contributed by atoms with van der Waals surface area (Å²) < 4.78 is 15.1. The molecule has 2 unspecified atom stereocenters. The Hall–Kier alpha value is -5.87. The zero-order valence-electron chi connectivity index (χ0n) is 34.7. The molecule has 0 spiro atoms. The highest BCUT2D eigenvalue weighted by Crippen LogP contribution is 2.31. The highest BCUT2D eigenvalue weighted by Gasteiger charge is 2.35. The average Bonchev–Trinajstić information content (AvgIpc) is 3.91. The molecule has 1 saturated heterocycles. The molecule has 2 aromatic heterocycles. The van der Waals surface area contributed by atoms with Crippen LogP contribution in [0.5, 0.6) is 0 Å². The SMILES string of the molecule is CCCN(Cc1ncc(-c2ccc(-c3ccc4c(ccc5[nH]c(CN(CCS)C(=O)C(C=C(C)C)NC(=O)OC)nc54)c3)cc2)[nH]1)C(=O)C(NC(=O)OC)C1CCOCC1. The van der Waals surface area contributed by atoms with E-state index in [-0.39, 0.29) is 30.8 Å². The summed E-state index contributed by atoms with van der Waals surface area (Å²) in [6.45, 7) is 8.16. The number of nitrogens with zero attached hydrogens (tertiary/aromatic N) is 4. The van der Waals surface area contributed by atoms with Gasteiger partial charge in [-0.1, -0.05) is 61.0 Å². The van der Waals surface area contributed by atoms with Crippen LogP contribution in [-0.2, 0) is 36.9 Å². The van der Waals surface area contributed by atoms with Crippen molar-refractivity contribution in [3.05, 3.63) is 84.1 Å². The van der Waals surface area contributed by atoms with Crippen LogP contribution in [0.1, 0.15) is 51.7 Å². The second-order valence-electron chi connectivity index (χ2n) is 15.1. The van der Waals surface area contributed by atoms with Crippen molar-refractivity contribution in [2.75, 3.05) is 46.3 Å². The molecule has 1 aliphatic heterocycles. The number of fused-ring (bicyclic) bond motifs is 3. The largest absolute Gasteiger partial charge is 0.453 e. The van der Waals surface area contributed by atoms with Crippen LogP contribution in [0.4, 0.5) is 9.59 Å². The van der Waals surface area contributed by atoms with Crippen LogP contribution >= 0.6 is 12.6 Å². The highest BCUT2D eigenvalue weighted by atomic mass is 32.1. The number of thiol groups is 1. The third-order valence-corrected chi connectivity index (χ3v) is 10.7. The van der Waals surface area contributed by atoms with Crippen molar-refractivity contribution in [3.8, 4) is 22.4 Å². The number of aromatic amines is 2. The minimum absolute atomic E-state index is 0.0496. The number of allylic oxidation sites excluding steroid dienone is 1. The van der Waals surface area contributed by atoms with Gasteiger partial charge < -0.3 is 44.6 Å². The van der Waals surface area contributed by atoms with Crippen LogP contribution in [0.15, 0.2) is 72.4 Å². The number of hydrogen-bond acceptors (Lipinski definition) is 10. The number of H-pyrrole nitrogens is 2. The fourth-order valence-corrected chi connectivity index (χ4v) is 7.77. The first-order valence-corrected chi connectivity index (χ1v) is 20.8. The van der Waals surface area contributed by atoms with Gasteiger partial charge in [0.15, 0.2) is 0 Å². The molecule has 0 aliphatic carbocycles. The first kappa shape index (κ1) is 43.7. The molecule has 0 radical (unpaired) electrons. The third-order valence-electron chi connectivity index (χ3n) is 10.5. The minimum Gasteiger partial charge on any atom is -0.453 e. The molecule has 2 atom stereocenters. The monoisotopic (exact) mass is 838 g/mol. The second kappa shape index (κ2) is 20.4. The summed E-state index contributed by atoms with van der Waals surface area (Å²) in [6, 6.07) is 16.9. The molecule has 3 aromatic carbocycles. The Morgan fingerprint density at radius 2 is 1.53 bits per heavy atom. The van der Waals surface area contributed by atoms with Crippen LogP contribution in [0, 0.1) is 5.92 Å². The van der Waals surface area contributed by atoms with Crippen LogP contribution < -0.4 is 10.6 Å². The van der Waals surface area contributed by atoms with Crippen LogP contribution in [0.2, 0.25) is 0 Å². The van der Waals surface area contributed by atoms with Gasteiger partial charge in [-0.25, -0.2) is 19.6 Å². The van der Waals surface area contributed by atoms with E-state index >= 15 is 0 Å². The number of hydrogen-bond donors (Lipinski definition) is 5. The second-order valence-corrected chi connectivity index (χ2v) is 15.5. The van der Waals surface area contributed by atoms with Crippen molar-refractivity contribution >= 4 is 58.4 Å². The summed E-state index contributed by atoms with van der Waals surface area (Å²) in [5.74, 6) is 1.18. The Kier molecular flexibility index (Phi) is 14.9. The van der Waals surface area contributed by atoms with Gasteiger partial charge in [-0.15, -0.1) is 0 Å². The lowest BCUT2D eigenvalue weighted by Gasteiger charge is -2.33. The number of amides is 4. The Bertz CT molecular complexity index is 2310. The van der Waals surface area contributed by atoms with Gasteiger partial charge in [0.1, 0.15) is 23.7 Å². The summed E-state index contributed by atoms with van der Waals surface area (Å²) in [6.07, 6.45) is 4.24. The van der Waals surface area contributed by atoms with E-state index in [1.54, 1.807) is 22.1 Å². The quantitative estimate of drug-likeness (QED) is 0.0539. The summed E-state index contributed by atoms with van der Waals surface area (Å²) >= 11 is 4.38. The van der Waals surface area contributed by atoms with Crippen LogP contribution in [0.3, 0.4) is 0 Å². The van der Waals surface area contributed by atoms with Gasteiger partial charge in [0.05, 0.1) is 50.2 Å². The molecule has 3 heterocycles. The van der Waals surface area contributed by atoms with E-state index in [2.05, 4.69) is 74.6 Å². The lowest BCUT2D eigenvalue weighted by Crippen LogP contribution is -2.53. The number of rotatable bonds is 16. The lowest BCUT2D eigenvalue weighted by molar-refractivity contribution is -0.136. The smallest absolute Gasteiger partial charge is 0.407 e. The molecule has 15 nitrogen and oxygen atoms in total. The topological polar surface area (TPSA) is 184 Å². The van der Waals surface area contributed by atoms with Gasteiger partial charge in [-0.3, -0.25) is 9.59 Å². The van der Waals surface area contributed by atoms with Gasteiger partial charge in [-0.2, -0.15) is 12.6 Å². The van der Waals surface area contributed by atoms with E-state index in [0.717, 1.165) is 56.2 Å². The van der Waals surface area contributed by atoms with Crippen molar-refractivity contribution < 1.29 is 33.4 Å². The van der Waals surface area contributed by atoms with Crippen LogP contribution in [-0.4, -0.2) is 112 Å². The zero-order valence-corrected chi connectivity index (χ0v) is 35.6. The van der Waals surface area contributed by atoms with Gasteiger partial charge >= 0.3 is 12.2 Å². The number of carbonyl (C=O) groups excluding carboxylic acids is 4. The molecule has 1 aliphatic rings. The molecule has 16 heteroatoms. The lowest BCUT2D eigenvalue weighted by atomic mass is 9.90. The first-order valence-electron chi connectivity index (χ1n) is 20.2. The Balaban J connectivity index is 1.16. The van der Waals surface area contributed by atoms with Crippen molar-refractivity contribution in [2.24, 2.45) is 5.92 Å². The number of methoxy groups -OCH3 is 2. The number of aromatic nitrogens is 4. The van der Waals surface area contributed by atoms with Crippen molar-refractivity contribution in [1.82, 2.24) is 40.4 Å². The summed E-state index contributed by atoms with van der Waals surface area (Å²) in [5, 5.41) is 7.39. The Labute approximate surface area is 355 Å². The molecule has 1 fully saturated rings. The predicted octanol–water partition coefficient (Wildman–Crippen LogP) is 6.61. The first-order chi connectivity index (χ1) is 29.0. The molecule has 0 saturated carbocycles. The van der Waals surface area contributed by atoms with Gasteiger partial charge in [0, 0.05) is 37.4 Å². The molecule has 4 N–H and O–H groups in total. The minimum atomic E-state index is -0.893. The highest BCUT2D eigenvalue weighted by molar-refractivity contribution is 7.80. The van der Waals surface area contributed by atoms with Crippen molar-refractivity contribution in [1.29, 1.82) is 0 Å². The molecule has 6 rings (SSSR count). The number of alkyl carbamates (subject to hydrolysis) is 2. The van der Waals surface area contributed by atoms with E-state index in [9.17, 15) is 19.2 Å². The van der Waals surface area contributed by atoms with E-state index in [1.807, 2.05) is 39.0 Å². The maximum Gasteiger partial charge on any atom is 0.407 e. The van der Waals surface area contributed by atoms with E-state index < -0.39 is 24.3 Å². The number of benzene rings is 3. The van der Waals surface area contributed by atoms with Gasteiger partial charge in [0.25, 0.3) is 0 Å². The number of carbonyl (C=O) groups is 4. The fraction of sp³-hybridized carbons (Fsp3) is 0.409. The Morgan fingerprint density at radius 1 is 0.867 bits per heavy atom. The maximum absolute atomic E-state index is 13.9. The fourth-order valence-electron chi connectivity index (χ4n) is 7.53. The summed E-state index contributed by atoms with van der Waals surface area (Å²) in [5.41, 5.74) is 6.37. The van der Waals surface area contributed by atoms with Crippen molar-refractivity contribution in [3.63, 3.8) is 0 Å². The normalized spacial score (nSPS) is 14.0. The number of nitrogens with one attached hydrogen (secondary N) is 4. The molecule has 4 amide bonds. The number of ether oxygens (including phenoxy) is 3. The third kappa shape index (κ3) is 10.6. The summed E-state index contributed by atoms with van der Waals surface area (Å²) in [7, 11) is 2.56.